The number of carbonyl (C=O) groups is 1. The average molecular weight is 212 g/mol. The molecule has 1 N–H and O–H groups in total. The molecule has 4 nitrogen and oxygen atoms in total. The lowest BCUT2D eigenvalue weighted by molar-refractivity contribution is 0.0952. The monoisotopic (exact) mass is 212 g/mol. The van der Waals surface area contributed by atoms with Crippen LogP contribution in [-0.2, 0) is 11.1 Å². The predicted molar refractivity (Wildman–Crippen MR) is 51.6 cm³/mol. The number of carbonyl (C=O) groups excluding carboxylic acids is 1. The molecule has 1 atom stereocenters. The molecule has 0 aliphatic rings. The molecule has 0 saturated heterocycles. The minimum Gasteiger partial charge on any atom is -0.768 e. The van der Waals surface area contributed by atoms with Gasteiger partial charge < -0.3 is 9.87 Å². The van der Waals surface area contributed by atoms with Crippen molar-refractivity contribution in [3.8, 4) is 0 Å². The van der Waals surface area contributed by atoms with Crippen LogP contribution in [-0.4, -0.2) is 21.2 Å². The highest BCUT2D eigenvalue weighted by molar-refractivity contribution is 7.79. The number of hydrogen-bond donors (Lipinski definition) is 1. The van der Waals surface area contributed by atoms with Crippen molar-refractivity contribution in [2.24, 2.45) is 0 Å². The Morgan fingerprint density at radius 1 is 1.50 bits per heavy atom. The van der Waals surface area contributed by atoms with Gasteiger partial charge in [-0.05, 0) is 30.1 Å². The van der Waals surface area contributed by atoms with Crippen molar-refractivity contribution >= 4 is 17.0 Å². The molecule has 1 unspecified atom stereocenters. The van der Waals surface area contributed by atoms with Gasteiger partial charge in [0, 0.05) is 11.4 Å². The summed E-state index contributed by atoms with van der Waals surface area (Å²) in [5, 5.41) is 2.54. The molecule has 0 aromatic heterocycles. The smallest absolute Gasteiger partial charge is 0.252 e. The van der Waals surface area contributed by atoms with Crippen molar-refractivity contribution in [3.63, 3.8) is 0 Å². The average Bonchev–Trinajstić information content (AvgIpc) is 2.18. The van der Waals surface area contributed by atoms with E-state index in [9.17, 15) is 13.6 Å². The van der Waals surface area contributed by atoms with Gasteiger partial charge in [-0.2, -0.15) is 0 Å². The predicted octanol–water partition coefficient (Wildman–Crippen LogP) is 0.674. The van der Waals surface area contributed by atoms with Gasteiger partial charge in [0.05, 0.1) is 5.56 Å². The summed E-state index contributed by atoms with van der Waals surface area (Å²) in [7, 11) is 0. The Bertz CT molecular complexity index is 365. The fourth-order valence-corrected chi connectivity index (χ4v) is 1.59. The van der Waals surface area contributed by atoms with Crippen LogP contribution in [0.25, 0.3) is 0 Å². The fourth-order valence-electron chi connectivity index (χ4n) is 1.06. The third-order valence-electron chi connectivity index (χ3n) is 1.65. The lowest BCUT2D eigenvalue weighted by Crippen LogP contribution is -2.24. The van der Waals surface area contributed by atoms with Crippen LogP contribution >= 0.6 is 0 Å². The summed E-state index contributed by atoms with van der Waals surface area (Å²) in [6.07, 6.45) is 0. The maximum absolute atomic E-state index is 11.4. The van der Waals surface area contributed by atoms with Gasteiger partial charge in [-0.3, -0.25) is 9.00 Å². The summed E-state index contributed by atoms with van der Waals surface area (Å²) < 4.78 is 21.5. The summed E-state index contributed by atoms with van der Waals surface area (Å²) in [6.45, 7) is 2.24. The highest BCUT2D eigenvalue weighted by Gasteiger charge is 2.09. The van der Waals surface area contributed by atoms with E-state index >= 15 is 0 Å². The molecule has 0 radical (unpaired) electrons. The third-order valence-corrected chi connectivity index (χ3v) is 2.36. The van der Waals surface area contributed by atoms with Crippen LogP contribution in [0.4, 0.5) is 0 Å². The van der Waals surface area contributed by atoms with Crippen molar-refractivity contribution in [2.45, 2.75) is 11.8 Å². The summed E-state index contributed by atoms with van der Waals surface area (Å²) in [6, 6.07) is 6.08. The molecule has 0 spiro atoms. The molecular weight excluding hydrogens is 202 g/mol. The SMILES string of the molecule is CCNC(=O)c1ccccc1S(=O)[O-]. The van der Waals surface area contributed by atoms with Crippen LogP contribution in [0.5, 0.6) is 0 Å². The van der Waals surface area contributed by atoms with Gasteiger partial charge in [-0.1, -0.05) is 12.1 Å². The molecule has 5 heteroatoms. The molecule has 0 aliphatic carbocycles. The molecule has 0 heterocycles. The molecule has 1 aromatic carbocycles. The molecule has 14 heavy (non-hydrogen) atoms. The van der Waals surface area contributed by atoms with E-state index in [2.05, 4.69) is 5.32 Å². The van der Waals surface area contributed by atoms with Crippen molar-refractivity contribution < 1.29 is 13.6 Å². The fraction of sp³-hybridized carbons (Fsp3) is 0.222. The van der Waals surface area contributed by atoms with E-state index in [1.807, 2.05) is 0 Å². The topological polar surface area (TPSA) is 69.2 Å². The van der Waals surface area contributed by atoms with Gasteiger partial charge in [0.15, 0.2) is 0 Å². The summed E-state index contributed by atoms with van der Waals surface area (Å²) in [5.74, 6) is -0.368. The number of rotatable bonds is 3. The van der Waals surface area contributed by atoms with Crippen molar-refractivity contribution in [1.29, 1.82) is 0 Å². The lowest BCUT2D eigenvalue weighted by Gasteiger charge is -2.10. The molecule has 1 aromatic rings. The van der Waals surface area contributed by atoms with Gasteiger partial charge in [-0.15, -0.1) is 0 Å². The third kappa shape index (κ3) is 2.40. The van der Waals surface area contributed by atoms with E-state index in [-0.39, 0.29) is 16.4 Å². The lowest BCUT2D eigenvalue weighted by atomic mass is 10.2. The molecule has 0 bridgehead atoms. The zero-order valence-corrected chi connectivity index (χ0v) is 8.47. The number of nitrogens with one attached hydrogen (secondary N) is 1. The van der Waals surface area contributed by atoms with Crippen molar-refractivity contribution in [3.05, 3.63) is 29.8 Å². The highest BCUT2D eigenvalue weighted by Crippen LogP contribution is 2.11. The summed E-state index contributed by atoms with van der Waals surface area (Å²) in [5.41, 5.74) is 0.183. The van der Waals surface area contributed by atoms with E-state index in [0.717, 1.165) is 0 Å². The van der Waals surface area contributed by atoms with Crippen LogP contribution in [0, 0.1) is 0 Å². The number of hydrogen-bond acceptors (Lipinski definition) is 3. The zero-order chi connectivity index (χ0) is 10.6. The van der Waals surface area contributed by atoms with Gasteiger partial charge >= 0.3 is 0 Å². The molecule has 0 saturated carbocycles. The Morgan fingerprint density at radius 3 is 2.71 bits per heavy atom. The maximum Gasteiger partial charge on any atom is 0.252 e. The summed E-state index contributed by atoms with van der Waals surface area (Å²) in [4.78, 5) is 11.4. The first-order valence-electron chi connectivity index (χ1n) is 4.13. The first-order valence-corrected chi connectivity index (χ1v) is 5.20. The van der Waals surface area contributed by atoms with Gasteiger partial charge in [0.2, 0.25) is 0 Å². The highest BCUT2D eigenvalue weighted by atomic mass is 32.2. The van der Waals surface area contributed by atoms with Crippen LogP contribution in [0.2, 0.25) is 0 Å². The Morgan fingerprint density at radius 2 is 2.14 bits per heavy atom. The van der Waals surface area contributed by atoms with Crippen LogP contribution in [0.3, 0.4) is 0 Å². The molecule has 0 aliphatic heterocycles. The molecule has 76 valence electrons. The molecule has 0 fully saturated rings. The van der Waals surface area contributed by atoms with Crippen LogP contribution in [0.1, 0.15) is 17.3 Å². The zero-order valence-electron chi connectivity index (χ0n) is 7.65. The Balaban J connectivity index is 3.07. The second-order valence-corrected chi connectivity index (χ2v) is 3.50. The minimum atomic E-state index is -2.38. The second-order valence-electron chi connectivity index (χ2n) is 2.59. The number of amides is 1. The summed E-state index contributed by atoms with van der Waals surface area (Å²) >= 11 is -2.38. The van der Waals surface area contributed by atoms with Gasteiger partial charge in [0.1, 0.15) is 0 Å². The molecule has 1 rings (SSSR count). The van der Waals surface area contributed by atoms with E-state index in [0.29, 0.717) is 6.54 Å². The van der Waals surface area contributed by atoms with E-state index in [1.54, 1.807) is 19.1 Å². The van der Waals surface area contributed by atoms with Crippen LogP contribution in [0.15, 0.2) is 29.2 Å². The minimum absolute atomic E-state index is 0.0263. The van der Waals surface area contributed by atoms with Crippen molar-refractivity contribution in [2.75, 3.05) is 6.54 Å². The molecule has 1 amide bonds. The normalized spacial score (nSPS) is 12.1. The Hall–Kier alpha value is -1.20. The quantitative estimate of drug-likeness (QED) is 0.749. The first kappa shape index (κ1) is 10.9. The van der Waals surface area contributed by atoms with E-state index < -0.39 is 11.1 Å². The van der Waals surface area contributed by atoms with Gasteiger partial charge in [-0.25, -0.2) is 0 Å². The van der Waals surface area contributed by atoms with E-state index in [4.69, 9.17) is 0 Å². The van der Waals surface area contributed by atoms with Crippen LogP contribution < -0.4 is 5.32 Å². The first-order chi connectivity index (χ1) is 6.66. The van der Waals surface area contributed by atoms with Gasteiger partial charge in [0.25, 0.3) is 5.91 Å². The maximum atomic E-state index is 11.4. The van der Waals surface area contributed by atoms with E-state index in [1.165, 1.54) is 12.1 Å². The Kier molecular flexibility index (Phi) is 3.79. The van der Waals surface area contributed by atoms with Crippen molar-refractivity contribution in [1.82, 2.24) is 5.32 Å². The Labute approximate surface area is 84.6 Å². The molecular formula is C9H10NO3S-. The standard InChI is InChI=1S/C9H11NO3S/c1-2-10-9(11)7-5-3-4-6-8(7)14(12)13/h3-6H,2H2,1H3,(H,10,11)(H,12,13)/p-1. The second kappa shape index (κ2) is 4.88. The largest absolute Gasteiger partial charge is 0.768 e. The number of benzene rings is 1.